The molecule has 0 aliphatic carbocycles. The average Bonchev–Trinajstić information content (AvgIpc) is 2.55. The molecular weight excluding hydrogens is 392 g/mol. The number of aromatic amines is 1. The lowest BCUT2D eigenvalue weighted by atomic mass is 9.90. The van der Waals surface area contributed by atoms with E-state index in [1.54, 1.807) is 18.2 Å². The van der Waals surface area contributed by atoms with Crippen molar-refractivity contribution in [3.05, 3.63) is 62.4 Å². The molecule has 0 bridgehead atoms. The van der Waals surface area contributed by atoms with Crippen molar-refractivity contribution in [2.45, 2.75) is 38.3 Å². The Balaban J connectivity index is 1.85. The number of ether oxygens (including phenoxy) is 1. The van der Waals surface area contributed by atoms with Crippen molar-refractivity contribution < 1.29 is 13.2 Å². The largest absolute Gasteiger partial charge is 0.361 e. The standard InChI is InChI=1S/C18H23ClN2O5S/c1-18(2,12-27(24,25)15-7-4-3-6-14(15)19)9-5-11-26-13-21-10-8-16(22)20-17(21)23/h3-4,6-8,10H,5,9,11-13H2,1-2H3,(H,20,22,23). The number of H-pyrrole nitrogens is 1. The number of sulfone groups is 1. The number of hydrogen-bond donors (Lipinski definition) is 1. The highest BCUT2D eigenvalue weighted by atomic mass is 35.5. The molecule has 148 valence electrons. The number of benzene rings is 1. The molecule has 9 heteroatoms. The summed E-state index contributed by atoms with van der Waals surface area (Å²) in [6.45, 7) is 4.15. The van der Waals surface area contributed by atoms with Crippen molar-refractivity contribution in [3.63, 3.8) is 0 Å². The zero-order chi connectivity index (χ0) is 20.1. The van der Waals surface area contributed by atoms with E-state index in [2.05, 4.69) is 4.98 Å². The summed E-state index contributed by atoms with van der Waals surface area (Å²) in [5.74, 6) is -0.0247. The number of nitrogens with one attached hydrogen (secondary N) is 1. The summed E-state index contributed by atoms with van der Waals surface area (Å²) < 4.78 is 31.9. The fourth-order valence-corrected chi connectivity index (χ4v) is 5.19. The van der Waals surface area contributed by atoms with Crippen molar-refractivity contribution in [1.29, 1.82) is 0 Å². The first-order valence-corrected chi connectivity index (χ1v) is 10.5. The number of rotatable bonds is 9. The van der Waals surface area contributed by atoms with E-state index in [1.807, 2.05) is 13.8 Å². The Morgan fingerprint density at radius 2 is 1.89 bits per heavy atom. The van der Waals surface area contributed by atoms with Crippen LogP contribution in [0.1, 0.15) is 26.7 Å². The van der Waals surface area contributed by atoms with Crippen LogP contribution in [0.2, 0.25) is 5.02 Å². The normalized spacial score (nSPS) is 12.3. The van der Waals surface area contributed by atoms with Crippen LogP contribution in [0.15, 0.2) is 51.0 Å². The van der Waals surface area contributed by atoms with Gasteiger partial charge in [0, 0.05) is 18.9 Å². The maximum Gasteiger partial charge on any atom is 0.330 e. The topological polar surface area (TPSA) is 98.2 Å². The summed E-state index contributed by atoms with van der Waals surface area (Å²) in [7, 11) is -3.50. The smallest absolute Gasteiger partial charge is 0.330 e. The fraction of sp³-hybridized carbons (Fsp3) is 0.444. The Morgan fingerprint density at radius 3 is 2.56 bits per heavy atom. The highest BCUT2D eigenvalue weighted by molar-refractivity contribution is 7.91. The third-order valence-electron chi connectivity index (χ3n) is 4.02. The van der Waals surface area contributed by atoms with E-state index in [9.17, 15) is 18.0 Å². The molecule has 0 aliphatic heterocycles. The Bertz CT molecular complexity index is 995. The second kappa shape index (κ2) is 8.86. The summed E-state index contributed by atoms with van der Waals surface area (Å²) in [4.78, 5) is 24.8. The molecule has 1 aromatic heterocycles. The van der Waals surface area contributed by atoms with Crippen LogP contribution in [0.4, 0.5) is 0 Å². The predicted molar refractivity (Wildman–Crippen MR) is 104 cm³/mol. The van der Waals surface area contributed by atoms with E-state index >= 15 is 0 Å². The van der Waals surface area contributed by atoms with Gasteiger partial charge in [-0.3, -0.25) is 14.3 Å². The van der Waals surface area contributed by atoms with Gasteiger partial charge >= 0.3 is 5.69 Å². The van der Waals surface area contributed by atoms with Gasteiger partial charge < -0.3 is 4.74 Å². The van der Waals surface area contributed by atoms with Crippen molar-refractivity contribution in [2.75, 3.05) is 12.4 Å². The van der Waals surface area contributed by atoms with Gasteiger partial charge in [0.05, 0.1) is 15.7 Å². The highest BCUT2D eigenvalue weighted by Gasteiger charge is 2.28. The van der Waals surface area contributed by atoms with E-state index in [1.165, 1.54) is 22.9 Å². The van der Waals surface area contributed by atoms with Crippen LogP contribution in [-0.4, -0.2) is 30.3 Å². The third-order valence-corrected chi connectivity index (χ3v) is 6.65. The maximum atomic E-state index is 12.6. The number of hydrogen-bond acceptors (Lipinski definition) is 5. The molecule has 0 aliphatic rings. The van der Waals surface area contributed by atoms with Crippen molar-refractivity contribution >= 4 is 21.4 Å². The third kappa shape index (κ3) is 6.34. The molecule has 1 heterocycles. The lowest BCUT2D eigenvalue weighted by Gasteiger charge is -2.24. The van der Waals surface area contributed by atoms with Crippen LogP contribution >= 0.6 is 11.6 Å². The van der Waals surface area contributed by atoms with Gasteiger partial charge in [0.15, 0.2) is 9.84 Å². The molecule has 0 saturated carbocycles. The summed E-state index contributed by atoms with van der Waals surface area (Å²) in [6.07, 6.45) is 2.61. The van der Waals surface area contributed by atoms with Gasteiger partial charge in [-0.2, -0.15) is 0 Å². The zero-order valence-electron chi connectivity index (χ0n) is 15.3. The summed E-state index contributed by atoms with van der Waals surface area (Å²) in [5.41, 5.74) is -1.46. The molecule has 1 aromatic carbocycles. The molecule has 2 aromatic rings. The molecule has 7 nitrogen and oxygen atoms in total. The van der Waals surface area contributed by atoms with Gasteiger partial charge in [-0.1, -0.05) is 37.6 Å². The monoisotopic (exact) mass is 414 g/mol. The molecule has 1 N–H and O–H groups in total. The number of aromatic nitrogens is 2. The molecule has 0 spiro atoms. The first-order valence-electron chi connectivity index (χ1n) is 8.46. The number of halogens is 1. The molecular formula is C18H23ClN2O5S. The van der Waals surface area contributed by atoms with Gasteiger partial charge in [-0.05, 0) is 30.4 Å². The molecule has 0 radical (unpaired) electrons. The fourth-order valence-electron chi connectivity index (χ4n) is 2.72. The van der Waals surface area contributed by atoms with Gasteiger partial charge in [0.1, 0.15) is 6.73 Å². The molecule has 0 amide bonds. The lowest BCUT2D eigenvalue weighted by Crippen LogP contribution is -2.29. The Kier molecular flexibility index (Phi) is 7.02. The van der Waals surface area contributed by atoms with Crippen LogP contribution in [0, 0.1) is 5.41 Å². The number of nitrogens with zero attached hydrogens (tertiary/aromatic N) is 1. The quantitative estimate of drug-likeness (QED) is 0.635. The predicted octanol–water partition coefficient (Wildman–Crippen LogP) is 2.44. The van der Waals surface area contributed by atoms with Gasteiger partial charge in [-0.25, -0.2) is 13.2 Å². The molecule has 0 fully saturated rings. The van der Waals surface area contributed by atoms with Crippen LogP contribution in [0.5, 0.6) is 0 Å². The van der Waals surface area contributed by atoms with Crippen LogP contribution in [0.3, 0.4) is 0 Å². The maximum absolute atomic E-state index is 12.6. The minimum atomic E-state index is -3.50. The zero-order valence-corrected chi connectivity index (χ0v) is 16.8. The molecule has 0 unspecified atom stereocenters. The van der Waals surface area contributed by atoms with E-state index in [0.29, 0.717) is 19.4 Å². The van der Waals surface area contributed by atoms with E-state index in [-0.39, 0.29) is 22.4 Å². The molecule has 0 atom stereocenters. The summed E-state index contributed by atoms with van der Waals surface area (Å²) in [6, 6.07) is 7.66. The van der Waals surface area contributed by atoms with Crippen molar-refractivity contribution in [2.24, 2.45) is 5.41 Å². The first-order chi connectivity index (χ1) is 12.6. The average molecular weight is 415 g/mol. The molecule has 2 rings (SSSR count). The van der Waals surface area contributed by atoms with Crippen LogP contribution in [0.25, 0.3) is 0 Å². The molecule has 0 saturated heterocycles. The minimum absolute atomic E-state index is 0.0218. The second-order valence-electron chi connectivity index (χ2n) is 7.07. The van der Waals surface area contributed by atoms with Gasteiger partial charge in [-0.15, -0.1) is 0 Å². The van der Waals surface area contributed by atoms with Crippen molar-refractivity contribution in [1.82, 2.24) is 9.55 Å². The minimum Gasteiger partial charge on any atom is -0.361 e. The lowest BCUT2D eigenvalue weighted by molar-refractivity contribution is 0.0663. The second-order valence-corrected chi connectivity index (χ2v) is 9.44. The summed E-state index contributed by atoms with van der Waals surface area (Å²) >= 11 is 6.01. The first kappa shape index (κ1) is 21.4. The van der Waals surface area contributed by atoms with Gasteiger partial charge in [0.25, 0.3) is 5.56 Å². The van der Waals surface area contributed by atoms with E-state index in [4.69, 9.17) is 16.3 Å². The van der Waals surface area contributed by atoms with Crippen LogP contribution in [-0.2, 0) is 21.3 Å². The van der Waals surface area contributed by atoms with Crippen molar-refractivity contribution in [3.8, 4) is 0 Å². The Morgan fingerprint density at radius 1 is 1.19 bits per heavy atom. The highest BCUT2D eigenvalue weighted by Crippen LogP contribution is 2.30. The molecule has 27 heavy (non-hydrogen) atoms. The van der Waals surface area contributed by atoms with Crippen LogP contribution < -0.4 is 11.2 Å². The summed E-state index contributed by atoms with van der Waals surface area (Å²) in [5, 5.41) is 0.225. The van der Waals surface area contributed by atoms with E-state index < -0.39 is 26.5 Å². The van der Waals surface area contributed by atoms with E-state index in [0.717, 1.165) is 0 Å². The Labute approximate surface area is 162 Å². The Hall–Kier alpha value is -1.90. The van der Waals surface area contributed by atoms with Gasteiger partial charge in [0.2, 0.25) is 0 Å². The SMILES string of the molecule is CC(C)(CCCOCn1ccc(=O)[nH]c1=O)CS(=O)(=O)c1ccccc1Cl.